The van der Waals surface area contributed by atoms with Gasteiger partial charge in [0.15, 0.2) is 0 Å². The second-order valence-electron chi connectivity index (χ2n) is 7.62. The van der Waals surface area contributed by atoms with Crippen LogP contribution < -0.4 is 5.32 Å². The van der Waals surface area contributed by atoms with Crippen LogP contribution in [0.1, 0.15) is 81.3 Å². The van der Waals surface area contributed by atoms with Gasteiger partial charge in [-0.25, -0.2) is 4.98 Å². The lowest BCUT2D eigenvalue weighted by Gasteiger charge is -2.36. The van der Waals surface area contributed by atoms with Gasteiger partial charge in [0.1, 0.15) is 0 Å². The van der Waals surface area contributed by atoms with E-state index in [2.05, 4.69) is 33.0 Å². The summed E-state index contributed by atoms with van der Waals surface area (Å²) in [5.74, 6) is 1.61. The van der Waals surface area contributed by atoms with Gasteiger partial charge in [-0.3, -0.25) is 0 Å². The molecule has 21 heavy (non-hydrogen) atoms. The van der Waals surface area contributed by atoms with Crippen molar-refractivity contribution in [1.29, 1.82) is 0 Å². The van der Waals surface area contributed by atoms with E-state index in [0.29, 0.717) is 5.41 Å². The monoisotopic (exact) mass is 308 g/mol. The van der Waals surface area contributed by atoms with Crippen LogP contribution in [0.3, 0.4) is 0 Å². The molecule has 1 N–H and O–H groups in total. The molecule has 0 bridgehead atoms. The lowest BCUT2D eigenvalue weighted by Crippen LogP contribution is -2.25. The Labute approximate surface area is 134 Å². The number of thiazole rings is 1. The summed E-state index contributed by atoms with van der Waals surface area (Å²) in [5.41, 5.74) is 1.82. The van der Waals surface area contributed by atoms with Crippen LogP contribution in [0, 0.1) is 11.3 Å². The van der Waals surface area contributed by atoms with Gasteiger partial charge in [0.05, 0.1) is 10.7 Å². The molecule has 0 unspecified atom stereocenters. The van der Waals surface area contributed by atoms with Crippen LogP contribution in [-0.4, -0.2) is 12.0 Å². The minimum atomic E-state index is 0.471. The van der Waals surface area contributed by atoms with Crippen molar-refractivity contribution in [3.8, 4) is 0 Å². The summed E-state index contributed by atoms with van der Waals surface area (Å²) in [7, 11) is 2.03. The van der Waals surface area contributed by atoms with E-state index in [1.807, 2.05) is 18.4 Å². The second-order valence-corrected chi connectivity index (χ2v) is 8.73. The van der Waals surface area contributed by atoms with Gasteiger partial charge in [0.25, 0.3) is 0 Å². The molecule has 3 heteroatoms. The molecule has 0 spiro atoms. The average molecular weight is 309 g/mol. The topological polar surface area (TPSA) is 24.9 Å². The SMILES string of the molecule is CCCc1nc(C2CCC(C(C)(C)C)CC2)sc1CNC. The van der Waals surface area contributed by atoms with Crippen LogP contribution in [0.25, 0.3) is 0 Å². The van der Waals surface area contributed by atoms with Gasteiger partial charge in [-0.05, 0) is 50.5 Å². The molecule has 1 aromatic heterocycles. The van der Waals surface area contributed by atoms with Gasteiger partial charge in [-0.1, -0.05) is 34.1 Å². The average Bonchev–Trinajstić information content (AvgIpc) is 2.82. The Morgan fingerprint density at radius 2 is 1.86 bits per heavy atom. The number of nitrogens with one attached hydrogen (secondary N) is 1. The van der Waals surface area contributed by atoms with Crippen molar-refractivity contribution in [3.63, 3.8) is 0 Å². The van der Waals surface area contributed by atoms with Crippen molar-refractivity contribution in [2.75, 3.05) is 7.05 Å². The van der Waals surface area contributed by atoms with Crippen LogP contribution in [0.2, 0.25) is 0 Å². The highest BCUT2D eigenvalue weighted by molar-refractivity contribution is 7.11. The van der Waals surface area contributed by atoms with Crippen molar-refractivity contribution in [2.45, 2.75) is 78.7 Å². The molecular weight excluding hydrogens is 276 g/mol. The summed E-state index contributed by atoms with van der Waals surface area (Å²) in [6.07, 6.45) is 7.73. The highest BCUT2D eigenvalue weighted by atomic mass is 32.1. The van der Waals surface area contributed by atoms with Crippen molar-refractivity contribution in [3.05, 3.63) is 15.6 Å². The van der Waals surface area contributed by atoms with Gasteiger partial charge >= 0.3 is 0 Å². The molecule has 1 aliphatic carbocycles. The number of rotatable bonds is 5. The van der Waals surface area contributed by atoms with Crippen molar-refractivity contribution in [2.24, 2.45) is 11.3 Å². The van der Waals surface area contributed by atoms with E-state index >= 15 is 0 Å². The summed E-state index contributed by atoms with van der Waals surface area (Å²) in [6.45, 7) is 10.4. The molecule has 1 aromatic rings. The summed E-state index contributed by atoms with van der Waals surface area (Å²) in [4.78, 5) is 6.47. The minimum Gasteiger partial charge on any atom is -0.315 e. The number of aryl methyl sites for hydroxylation is 1. The molecule has 0 aliphatic heterocycles. The van der Waals surface area contributed by atoms with Crippen LogP contribution in [0.4, 0.5) is 0 Å². The maximum absolute atomic E-state index is 5.01. The zero-order valence-electron chi connectivity index (χ0n) is 14.5. The first-order chi connectivity index (χ1) is 9.95. The van der Waals surface area contributed by atoms with Crippen LogP contribution in [0.5, 0.6) is 0 Å². The summed E-state index contributed by atoms with van der Waals surface area (Å²) >= 11 is 1.97. The predicted octanol–water partition coefficient (Wildman–Crippen LogP) is 5.13. The zero-order valence-corrected chi connectivity index (χ0v) is 15.3. The fourth-order valence-electron chi connectivity index (χ4n) is 3.52. The smallest absolute Gasteiger partial charge is 0.0962 e. The lowest BCUT2D eigenvalue weighted by molar-refractivity contribution is 0.169. The third-order valence-electron chi connectivity index (χ3n) is 4.92. The fraction of sp³-hybridized carbons (Fsp3) is 0.833. The molecule has 0 saturated heterocycles. The van der Waals surface area contributed by atoms with E-state index < -0.39 is 0 Å². The number of hydrogen-bond acceptors (Lipinski definition) is 3. The van der Waals surface area contributed by atoms with Gasteiger partial charge < -0.3 is 5.32 Å². The molecule has 1 aliphatic rings. The van der Waals surface area contributed by atoms with Crippen LogP contribution in [0.15, 0.2) is 0 Å². The van der Waals surface area contributed by atoms with E-state index in [4.69, 9.17) is 4.98 Å². The maximum atomic E-state index is 5.01. The Morgan fingerprint density at radius 3 is 2.38 bits per heavy atom. The third kappa shape index (κ3) is 4.29. The summed E-state index contributed by atoms with van der Waals surface area (Å²) in [5, 5.41) is 4.71. The molecule has 1 heterocycles. The van der Waals surface area contributed by atoms with Crippen molar-refractivity contribution < 1.29 is 0 Å². The zero-order chi connectivity index (χ0) is 15.5. The molecular formula is C18H32N2S. The third-order valence-corrected chi connectivity index (χ3v) is 6.18. The van der Waals surface area contributed by atoms with Crippen LogP contribution >= 0.6 is 11.3 Å². The van der Waals surface area contributed by atoms with Gasteiger partial charge in [-0.15, -0.1) is 11.3 Å². The summed E-state index contributed by atoms with van der Waals surface area (Å²) in [6, 6.07) is 0. The Balaban J connectivity index is 2.04. The highest BCUT2D eigenvalue weighted by Gasteiger charge is 2.31. The number of aromatic nitrogens is 1. The minimum absolute atomic E-state index is 0.471. The van der Waals surface area contributed by atoms with E-state index in [0.717, 1.165) is 24.8 Å². The Hall–Kier alpha value is -0.410. The molecule has 120 valence electrons. The van der Waals surface area contributed by atoms with E-state index in [1.54, 1.807) is 0 Å². The number of nitrogens with zero attached hydrogens (tertiary/aromatic N) is 1. The first-order valence-corrected chi connectivity index (χ1v) is 9.40. The second kappa shape index (κ2) is 7.23. The molecule has 1 saturated carbocycles. The lowest BCUT2D eigenvalue weighted by atomic mass is 9.70. The molecule has 0 radical (unpaired) electrons. The molecule has 1 fully saturated rings. The standard InChI is InChI=1S/C18H32N2S/c1-6-7-15-16(12-19-5)21-17(20-15)13-8-10-14(11-9-13)18(2,3)4/h13-14,19H,6-12H2,1-5H3. The van der Waals surface area contributed by atoms with Crippen molar-refractivity contribution in [1.82, 2.24) is 10.3 Å². The summed E-state index contributed by atoms with van der Waals surface area (Å²) < 4.78 is 0. The van der Waals surface area contributed by atoms with E-state index in [9.17, 15) is 0 Å². The van der Waals surface area contributed by atoms with Crippen LogP contribution in [-0.2, 0) is 13.0 Å². The van der Waals surface area contributed by atoms with Gasteiger partial charge in [-0.2, -0.15) is 0 Å². The first-order valence-electron chi connectivity index (χ1n) is 8.58. The molecule has 2 rings (SSSR count). The maximum Gasteiger partial charge on any atom is 0.0962 e. The fourth-order valence-corrected chi connectivity index (χ4v) is 4.81. The predicted molar refractivity (Wildman–Crippen MR) is 93.0 cm³/mol. The first kappa shape index (κ1) is 17.0. The Kier molecular flexibility index (Phi) is 5.84. The Bertz CT molecular complexity index is 413. The largest absolute Gasteiger partial charge is 0.315 e. The molecule has 2 nitrogen and oxygen atoms in total. The highest BCUT2D eigenvalue weighted by Crippen LogP contribution is 2.44. The van der Waals surface area contributed by atoms with E-state index in [1.165, 1.54) is 47.7 Å². The van der Waals surface area contributed by atoms with Gasteiger partial charge in [0, 0.05) is 17.3 Å². The Morgan fingerprint density at radius 1 is 1.19 bits per heavy atom. The number of hydrogen-bond donors (Lipinski definition) is 1. The van der Waals surface area contributed by atoms with E-state index in [-0.39, 0.29) is 0 Å². The van der Waals surface area contributed by atoms with Crippen molar-refractivity contribution >= 4 is 11.3 Å². The molecule has 0 amide bonds. The molecule has 0 atom stereocenters. The molecule has 0 aromatic carbocycles. The normalized spacial score (nSPS) is 23.5. The quantitative estimate of drug-likeness (QED) is 0.815. The van der Waals surface area contributed by atoms with Gasteiger partial charge in [0.2, 0.25) is 0 Å².